The number of halogens is 3. The summed E-state index contributed by atoms with van der Waals surface area (Å²) in [6.45, 7) is 2.17. The van der Waals surface area contributed by atoms with E-state index in [-0.39, 0.29) is 5.75 Å². The van der Waals surface area contributed by atoms with Gasteiger partial charge in [-0.3, -0.25) is 0 Å². The van der Waals surface area contributed by atoms with Crippen molar-refractivity contribution in [1.82, 2.24) is 0 Å². The Morgan fingerprint density at radius 3 is 2.21 bits per heavy atom. The van der Waals surface area contributed by atoms with Crippen LogP contribution in [0.2, 0.25) is 0 Å². The lowest BCUT2D eigenvalue weighted by Gasteiger charge is -2.27. The first-order valence-corrected chi connectivity index (χ1v) is 10.1. The Balaban J connectivity index is 1.47. The molecule has 1 nitrogen and oxygen atoms in total. The Morgan fingerprint density at radius 2 is 1.62 bits per heavy atom. The second-order valence-corrected chi connectivity index (χ2v) is 7.41. The average Bonchev–Trinajstić information content (AvgIpc) is 2.72. The maximum atomic E-state index is 12.2. The number of allylic oxidation sites excluding steroid dienone is 2. The number of aryl methyl sites for hydroxylation is 1. The van der Waals surface area contributed by atoms with Gasteiger partial charge < -0.3 is 4.74 Å². The minimum atomic E-state index is -4.67. The fraction of sp³-hybridized carbons (Fsp3) is 0.360. The van der Waals surface area contributed by atoms with Gasteiger partial charge >= 0.3 is 6.36 Å². The second-order valence-electron chi connectivity index (χ2n) is 7.41. The molecule has 0 aliphatic heterocycles. The third-order valence-corrected chi connectivity index (χ3v) is 5.39. The Morgan fingerprint density at radius 1 is 0.966 bits per heavy atom. The highest BCUT2D eigenvalue weighted by molar-refractivity contribution is 5.40. The maximum Gasteiger partial charge on any atom is 0.573 e. The van der Waals surface area contributed by atoms with Crippen LogP contribution in [0.3, 0.4) is 0 Å². The Kier molecular flexibility index (Phi) is 7.04. The summed E-state index contributed by atoms with van der Waals surface area (Å²) in [6.07, 6.45) is 5.11. The van der Waals surface area contributed by atoms with Gasteiger partial charge in [0, 0.05) is 5.56 Å². The monoisotopic (exact) mass is 398 g/mol. The van der Waals surface area contributed by atoms with Crippen LogP contribution in [0.1, 0.15) is 55.2 Å². The molecule has 1 aliphatic carbocycles. The minimum Gasteiger partial charge on any atom is -0.406 e. The molecule has 0 saturated heterocycles. The summed E-state index contributed by atoms with van der Waals surface area (Å²) in [6, 6.07) is 14.6. The van der Waals surface area contributed by atoms with Gasteiger partial charge in [-0.15, -0.1) is 13.2 Å². The lowest BCUT2D eigenvalue weighted by atomic mass is 9.78. The quantitative estimate of drug-likeness (QED) is 0.502. The Labute approximate surface area is 170 Å². The van der Waals surface area contributed by atoms with E-state index in [0.29, 0.717) is 17.4 Å². The van der Waals surface area contributed by atoms with Crippen molar-refractivity contribution in [1.29, 1.82) is 0 Å². The topological polar surface area (TPSA) is 9.23 Å². The number of hydrogen-bond acceptors (Lipinski definition) is 1. The van der Waals surface area contributed by atoms with Gasteiger partial charge in [-0.1, -0.05) is 49.1 Å². The fourth-order valence-electron chi connectivity index (χ4n) is 3.72. The molecule has 1 fully saturated rings. The van der Waals surface area contributed by atoms with Crippen molar-refractivity contribution in [3.05, 3.63) is 77.4 Å². The summed E-state index contributed by atoms with van der Waals surface area (Å²) < 4.78 is 40.3. The number of alkyl halides is 3. The van der Waals surface area contributed by atoms with Crippen LogP contribution in [0.4, 0.5) is 13.2 Å². The number of ether oxygens (including phenoxy) is 1. The van der Waals surface area contributed by atoms with Crippen molar-refractivity contribution in [2.24, 2.45) is 5.92 Å². The van der Waals surface area contributed by atoms with Crippen LogP contribution < -0.4 is 4.74 Å². The van der Waals surface area contributed by atoms with E-state index in [4.69, 9.17) is 0 Å². The van der Waals surface area contributed by atoms with Crippen LogP contribution in [0.5, 0.6) is 5.75 Å². The van der Waals surface area contributed by atoms with E-state index in [0.717, 1.165) is 19.3 Å². The van der Waals surface area contributed by atoms with E-state index < -0.39 is 6.36 Å². The van der Waals surface area contributed by atoms with E-state index in [1.807, 2.05) is 6.08 Å². The molecule has 0 unspecified atom stereocenters. The Hall–Kier alpha value is -2.67. The Bertz CT molecular complexity index is 860. The highest BCUT2D eigenvalue weighted by atomic mass is 19.4. The molecule has 4 heteroatoms. The standard InChI is InChI=1S/C25H25F3O/c1-2-19-7-13-22(14-8-19)23-15-9-20(10-16-23)5-3-4-6-21-11-17-24(18-12-21)29-25(26,27)28/h3,5,7-8,11-14,17-18,20,23H,2,9-10,15-16H2,1H3/b5-3+. The van der Waals surface area contributed by atoms with Gasteiger partial charge in [0.05, 0.1) is 0 Å². The smallest absolute Gasteiger partial charge is 0.406 e. The molecule has 0 heterocycles. The first kappa shape index (κ1) is 21.0. The largest absolute Gasteiger partial charge is 0.573 e. The predicted molar refractivity (Wildman–Crippen MR) is 110 cm³/mol. The summed E-state index contributed by atoms with van der Waals surface area (Å²) in [5.74, 6) is 6.88. The highest BCUT2D eigenvalue weighted by Gasteiger charge is 2.30. The first-order chi connectivity index (χ1) is 13.9. The molecule has 1 aliphatic rings. The number of rotatable bonds is 4. The summed E-state index contributed by atoms with van der Waals surface area (Å²) in [7, 11) is 0. The third-order valence-electron chi connectivity index (χ3n) is 5.39. The minimum absolute atomic E-state index is 0.236. The van der Waals surface area contributed by atoms with Crippen molar-refractivity contribution in [2.45, 2.75) is 51.3 Å². The zero-order valence-electron chi connectivity index (χ0n) is 16.5. The zero-order valence-corrected chi connectivity index (χ0v) is 16.5. The average molecular weight is 398 g/mol. The van der Waals surface area contributed by atoms with Crippen molar-refractivity contribution in [3.8, 4) is 17.6 Å². The van der Waals surface area contributed by atoms with Gasteiger partial charge in [0.15, 0.2) is 0 Å². The summed E-state index contributed by atoms with van der Waals surface area (Å²) in [5, 5.41) is 0. The van der Waals surface area contributed by atoms with Crippen LogP contribution >= 0.6 is 0 Å². The lowest BCUT2D eigenvalue weighted by Crippen LogP contribution is -2.16. The van der Waals surface area contributed by atoms with Crippen molar-refractivity contribution < 1.29 is 17.9 Å². The van der Waals surface area contributed by atoms with Crippen LogP contribution in [0, 0.1) is 17.8 Å². The molecule has 1 saturated carbocycles. The van der Waals surface area contributed by atoms with Crippen molar-refractivity contribution in [2.75, 3.05) is 0 Å². The number of hydrogen-bond donors (Lipinski definition) is 0. The van der Waals surface area contributed by atoms with Crippen LogP contribution in [0.15, 0.2) is 60.7 Å². The maximum absolute atomic E-state index is 12.2. The molecule has 0 bridgehead atoms. The molecule has 29 heavy (non-hydrogen) atoms. The highest BCUT2D eigenvalue weighted by Crippen LogP contribution is 2.36. The molecular formula is C25H25F3O. The zero-order chi connectivity index (χ0) is 20.7. The normalized spacial score (nSPS) is 19.6. The molecule has 2 aromatic rings. The van der Waals surface area contributed by atoms with E-state index in [9.17, 15) is 13.2 Å². The van der Waals surface area contributed by atoms with Gasteiger partial charge in [-0.2, -0.15) is 0 Å². The summed E-state index contributed by atoms with van der Waals surface area (Å²) >= 11 is 0. The summed E-state index contributed by atoms with van der Waals surface area (Å²) in [5.41, 5.74) is 3.48. The molecule has 0 atom stereocenters. The van der Waals surface area contributed by atoms with E-state index in [1.54, 1.807) is 0 Å². The fourth-order valence-corrected chi connectivity index (χ4v) is 3.72. The molecule has 0 radical (unpaired) electrons. The molecule has 0 N–H and O–H groups in total. The predicted octanol–water partition coefficient (Wildman–Crippen LogP) is 7.03. The summed E-state index contributed by atoms with van der Waals surface area (Å²) in [4.78, 5) is 0. The second kappa shape index (κ2) is 9.69. The number of benzene rings is 2. The van der Waals surface area contributed by atoms with Crippen LogP contribution in [0.25, 0.3) is 0 Å². The third kappa shape index (κ3) is 6.71. The van der Waals surface area contributed by atoms with Crippen molar-refractivity contribution in [3.63, 3.8) is 0 Å². The van der Waals surface area contributed by atoms with E-state index in [2.05, 4.69) is 53.8 Å². The van der Waals surface area contributed by atoms with Gasteiger partial charge in [-0.05, 0) is 85.4 Å². The molecule has 0 spiro atoms. The molecule has 0 amide bonds. The van der Waals surface area contributed by atoms with E-state index in [1.165, 1.54) is 48.2 Å². The van der Waals surface area contributed by atoms with Gasteiger partial charge in [0.25, 0.3) is 0 Å². The molecule has 3 rings (SSSR count). The first-order valence-electron chi connectivity index (χ1n) is 10.1. The SMILES string of the molecule is CCc1ccc(C2CCC(/C=C/C#Cc3ccc(OC(F)(F)F)cc3)CC2)cc1. The molecule has 152 valence electrons. The van der Waals surface area contributed by atoms with Crippen molar-refractivity contribution >= 4 is 0 Å². The molecule has 2 aromatic carbocycles. The van der Waals surface area contributed by atoms with Gasteiger partial charge in [0.2, 0.25) is 0 Å². The lowest BCUT2D eigenvalue weighted by molar-refractivity contribution is -0.274. The van der Waals surface area contributed by atoms with Gasteiger partial charge in [0.1, 0.15) is 5.75 Å². The van der Waals surface area contributed by atoms with Gasteiger partial charge in [-0.25, -0.2) is 0 Å². The van der Waals surface area contributed by atoms with E-state index >= 15 is 0 Å². The molecule has 0 aromatic heterocycles. The van der Waals surface area contributed by atoms with Crippen LogP contribution in [-0.4, -0.2) is 6.36 Å². The van der Waals surface area contributed by atoms with Crippen LogP contribution in [-0.2, 0) is 6.42 Å². The molecular weight excluding hydrogens is 373 g/mol.